The van der Waals surface area contributed by atoms with Gasteiger partial charge in [-0.2, -0.15) is 0 Å². The lowest BCUT2D eigenvalue weighted by molar-refractivity contribution is 0.461. The van der Waals surface area contributed by atoms with E-state index in [2.05, 4.69) is 9.89 Å². The Morgan fingerprint density at radius 1 is 1.38 bits per heavy atom. The average molecular weight is 194 g/mol. The van der Waals surface area contributed by atoms with Crippen LogP contribution in [-0.4, -0.2) is 15.5 Å². The highest BCUT2D eigenvalue weighted by Crippen LogP contribution is 2.23. The van der Waals surface area contributed by atoms with E-state index in [1.807, 2.05) is 25.1 Å². The maximum Gasteiger partial charge on any atom is 0.162 e. The predicted octanol–water partition coefficient (Wildman–Crippen LogP) is 1.19. The number of benzene rings is 1. The number of phenols is 1. The van der Waals surface area contributed by atoms with Crippen molar-refractivity contribution in [1.29, 1.82) is 0 Å². The summed E-state index contributed by atoms with van der Waals surface area (Å²) in [5.74, 6) is 0.374. The van der Waals surface area contributed by atoms with Gasteiger partial charge in [-0.25, -0.2) is 5.11 Å². The minimum absolute atomic E-state index is 0.374. The quantitative estimate of drug-likeness (QED) is 0.570. The Morgan fingerprint density at radius 3 is 2.69 bits per heavy atom. The molecule has 1 N–H and O–H groups in total. The van der Waals surface area contributed by atoms with E-state index in [-0.39, 0.29) is 0 Å². The zero-order valence-corrected chi connectivity index (χ0v) is 9.99. The maximum absolute atomic E-state index is 9.73. The van der Waals surface area contributed by atoms with E-state index >= 15 is 0 Å². The maximum atomic E-state index is 9.73. The molecule has 0 heterocycles. The summed E-state index contributed by atoms with van der Waals surface area (Å²) < 4.78 is 3.78. The third kappa shape index (κ3) is 2.38. The lowest BCUT2D eigenvalue weighted by Gasteiger charge is -2.05. The third-order valence-electron chi connectivity index (χ3n) is 1.97. The number of hydrogen-bond acceptors (Lipinski definition) is 3. The summed E-state index contributed by atoms with van der Waals surface area (Å²) in [5.41, 5.74) is 1.83. The van der Waals surface area contributed by atoms with Gasteiger partial charge in [-0.3, -0.25) is 4.78 Å². The second-order valence-corrected chi connectivity index (χ2v) is 3.18. The fraction of sp³-hybridized carbons (Fsp3) is 0.333. The highest BCUT2D eigenvalue weighted by Gasteiger charge is 2.03. The number of hydrogen-bond donors (Lipinski definition) is 1. The molecule has 1 rings (SSSR count). The first kappa shape index (κ1) is 9.92. The lowest BCUT2D eigenvalue weighted by Crippen LogP contribution is -1.87. The molecule has 0 amide bonds. The van der Waals surface area contributed by atoms with Crippen molar-refractivity contribution in [3.8, 4) is 5.75 Å². The number of phenolic OH excluding ortho intramolecular Hbond substituents is 1. The lowest BCUT2D eigenvalue weighted by atomic mass is 10.1. The van der Waals surface area contributed by atoms with Crippen molar-refractivity contribution in [2.75, 3.05) is 0 Å². The van der Waals surface area contributed by atoms with Gasteiger partial charge in [0.05, 0.1) is 6.54 Å². The van der Waals surface area contributed by atoms with E-state index in [9.17, 15) is 5.11 Å². The number of rotatable bonds is 3. The molecule has 0 radical (unpaired) electrons. The fourth-order valence-corrected chi connectivity index (χ4v) is 1.35. The van der Waals surface area contributed by atoms with Crippen LogP contribution in [0.1, 0.15) is 18.1 Å². The highest BCUT2D eigenvalue weighted by molar-refractivity contribution is 6.04. The van der Waals surface area contributed by atoms with Gasteiger partial charge in [0.15, 0.2) is 10.4 Å². The van der Waals surface area contributed by atoms with Crippen molar-refractivity contribution >= 4 is 10.4 Å². The largest absolute Gasteiger partial charge is 0.507 e. The topological polar surface area (TPSA) is 45.0 Å². The van der Waals surface area contributed by atoms with E-state index in [0.29, 0.717) is 12.3 Å². The molecule has 0 aliphatic carbocycles. The molecule has 0 unspecified atom stereocenters. The molecule has 70 valence electrons. The number of aryl methyl sites for hydroxylation is 1. The monoisotopic (exact) mass is 194 g/mol. The van der Waals surface area contributed by atoms with Gasteiger partial charge < -0.3 is 5.11 Å². The van der Waals surface area contributed by atoms with Gasteiger partial charge in [-0.05, 0) is 12.0 Å². The SMILES string of the molecule is CCc1cccc(C/N=N/[SiH3])c1O. The zero-order valence-electron chi connectivity index (χ0n) is 7.99. The first-order valence-electron chi connectivity index (χ1n) is 4.35. The Hall–Kier alpha value is -1.16. The van der Waals surface area contributed by atoms with Crippen molar-refractivity contribution < 1.29 is 5.11 Å². The summed E-state index contributed by atoms with van der Waals surface area (Å²) in [6, 6.07) is 5.75. The zero-order chi connectivity index (χ0) is 9.68. The standard InChI is InChI=1S/C9H14N2OSi/c1-2-7-4-3-5-8(9(7)12)6-10-11-13/h3-5,12H,2,6H2,1,13H3/b11-10+. The van der Waals surface area contributed by atoms with Crippen LogP contribution in [-0.2, 0) is 13.0 Å². The molecule has 4 heteroatoms. The molecule has 0 saturated carbocycles. The van der Waals surface area contributed by atoms with Crippen LogP contribution in [0.4, 0.5) is 0 Å². The second kappa shape index (κ2) is 4.76. The first-order chi connectivity index (χ1) is 6.29. The Bertz CT molecular complexity index is 312. The Morgan fingerprint density at radius 2 is 2.08 bits per heavy atom. The molecule has 13 heavy (non-hydrogen) atoms. The summed E-state index contributed by atoms with van der Waals surface area (Å²) >= 11 is 0. The molecule has 1 aromatic carbocycles. The predicted molar refractivity (Wildman–Crippen MR) is 56.0 cm³/mol. The minimum atomic E-state index is 0.374. The average Bonchev–Trinajstić information content (AvgIpc) is 2.16. The summed E-state index contributed by atoms with van der Waals surface area (Å²) in [5, 5.41) is 13.6. The van der Waals surface area contributed by atoms with Crippen LogP contribution in [0.3, 0.4) is 0 Å². The second-order valence-electron chi connectivity index (χ2n) is 2.78. The molecule has 0 aliphatic heterocycles. The van der Waals surface area contributed by atoms with E-state index < -0.39 is 0 Å². The summed E-state index contributed by atoms with van der Waals surface area (Å²) in [4.78, 5) is 0. The number of aromatic hydroxyl groups is 1. The van der Waals surface area contributed by atoms with Crippen LogP contribution in [0.5, 0.6) is 5.75 Å². The smallest absolute Gasteiger partial charge is 0.162 e. The van der Waals surface area contributed by atoms with Gasteiger partial charge in [0, 0.05) is 5.56 Å². The molecule has 0 saturated heterocycles. The molecule has 0 aliphatic rings. The van der Waals surface area contributed by atoms with Gasteiger partial charge in [-0.1, -0.05) is 25.1 Å². The highest BCUT2D eigenvalue weighted by atomic mass is 28.2. The van der Waals surface area contributed by atoms with Crippen LogP contribution >= 0.6 is 0 Å². The Kier molecular flexibility index (Phi) is 3.64. The van der Waals surface area contributed by atoms with E-state index in [0.717, 1.165) is 28.0 Å². The normalized spacial score (nSPS) is 11.2. The van der Waals surface area contributed by atoms with Crippen LogP contribution in [0.15, 0.2) is 28.1 Å². The molecule has 0 fully saturated rings. The van der Waals surface area contributed by atoms with Gasteiger partial charge in [0.25, 0.3) is 0 Å². The van der Waals surface area contributed by atoms with Gasteiger partial charge in [-0.15, -0.1) is 0 Å². The van der Waals surface area contributed by atoms with E-state index in [1.54, 1.807) is 0 Å². The Labute approximate surface area is 81.0 Å². The van der Waals surface area contributed by atoms with Crippen LogP contribution in [0.2, 0.25) is 0 Å². The van der Waals surface area contributed by atoms with E-state index in [4.69, 9.17) is 0 Å². The van der Waals surface area contributed by atoms with Crippen molar-refractivity contribution in [2.45, 2.75) is 19.9 Å². The molecule has 0 atom stereocenters. The third-order valence-corrected chi connectivity index (χ3v) is 2.25. The number of nitrogens with zero attached hydrogens (tertiary/aromatic N) is 2. The molecule has 0 spiro atoms. The molecule has 3 nitrogen and oxygen atoms in total. The van der Waals surface area contributed by atoms with Crippen LogP contribution in [0.25, 0.3) is 0 Å². The fourth-order valence-electron chi connectivity index (χ4n) is 1.20. The molecule has 1 aromatic rings. The minimum Gasteiger partial charge on any atom is -0.507 e. The summed E-state index contributed by atoms with van der Waals surface area (Å²) in [6.45, 7) is 2.51. The molecule has 0 aromatic heterocycles. The van der Waals surface area contributed by atoms with Crippen molar-refractivity contribution in [3.63, 3.8) is 0 Å². The van der Waals surface area contributed by atoms with Gasteiger partial charge in [0.1, 0.15) is 5.75 Å². The van der Waals surface area contributed by atoms with Gasteiger partial charge >= 0.3 is 0 Å². The van der Waals surface area contributed by atoms with E-state index in [1.165, 1.54) is 0 Å². The van der Waals surface area contributed by atoms with Crippen molar-refractivity contribution in [2.24, 2.45) is 9.89 Å². The van der Waals surface area contributed by atoms with Crippen LogP contribution < -0.4 is 0 Å². The number of para-hydroxylation sites is 1. The molecular formula is C9H14N2OSi. The van der Waals surface area contributed by atoms with Crippen LogP contribution in [0, 0.1) is 0 Å². The molecule has 0 bridgehead atoms. The Balaban J connectivity index is 2.94. The van der Waals surface area contributed by atoms with Crippen molar-refractivity contribution in [1.82, 2.24) is 0 Å². The van der Waals surface area contributed by atoms with Gasteiger partial charge in [0.2, 0.25) is 0 Å². The summed E-state index contributed by atoms with van der Waals surface area (Å²) in [6.07, 6.45) is 0.845. The van der Waals surface area contributed by atoms with Crippen molar-refractivity contribution in [3.05, 3.63) is 29.3 Å². The molecular weight excluding hydrogens is 180 g/mol. The summed E-state index contributed by atoms with van der Waals surface area (Å²) in [7, 11) is 0.723. The first-order valence-corrected chi connectivity index (χ1v) is 5.24.